The van der Waals surface area contributed by atoms with E-state index in [1.165, 1.54) is 10.7 Å². The maximum atomic E-state index is 12.8. The summed E-state index contributed by atoms with van der Waals surface area (Å²) >= 11 is 6.71. The van der Waals surface area contributed by atoms with Crippen molar-refractivity contribution in [1.82, 2.24) is 24.9 Å². The molecule has 1 atom stereocenters. The highest BCUT2D eigenvalue weighted by molar-refractivity contribution is 6.36. The lowest BCUT2D eigenvalue weighted by Gasteiger charge is -2.36. The number of fused-ring (bicyclic) bond motifs is 1. The minimum absolute atomic E-state index is 0.00701. The highest BCUT2D eigenvalue weighted by atomic mass is 35.5. The highest BCUT2D eigenvalue weighted by Gasteiger charge is 2.23. The normalized spacial score (nSPS) is 16.0. The summed E-state index contributed by atoms with van der Waals surface area (Å²) in [5, 5.41) is 32.0. The van der Waals surface area contributed by atoms with Gasteiger partial charge in [-0.3, -0.25) is 0 Å². The van der Waals surface area contributed by atoms with Gasteiger partial charge in [0.1, 0.15) is 11.6 Å². The van der Waals surface area contributed by atoms with Gasteiger partial charge in [-0.25, -0.2) is 8.78 Å². The Kier molecular flexibility index (Phi) is 6.40. The van der Waals surface area contributed by atoms with E-state index in [0.29, 0.717) is 28.5 Å². The molecule has 1 aromatic carbocycles. The van der Waals surface area contributed by atoms with Crippen LogP contribution in [0.15, 0.2) is 18.3 Å². The zero-order valence-corrected chi connectivity index (χ0v) is 18.2. The molecule has 0 amide bonds. The van der Waals surface area contributed by atoms with Gasteiger partial charge < -0.3 is 20.9 Å². The van der Waals surface area contributed by atoms with Crippen molar-refractivity contribution in [2.24, 2.45) is 0 Å². The third kappa shape index (κ3) is 4.58. The lowest BCUT2D eigenvalue weighted by Crippen LogP contribution is -2.50. The molecule has 1 saturated heterocycles. The fourth-order valence-electron chi connectivity index (χ4n) is 3.59. The van der Waals surface area contributed by atoms with Gasteiger partial charge in [0.2, 0.25) is 11.9 Å². The molecule has 3 aromatic rings. The lowest BCUT2D eigenvalue weighted by atomic mass is 10.1. The standard InChI is InChI=1S/C20H19ClF2N10/c1-11-8-26-2-3-32(11)15-5-12(6-24)4-14(17(15)21)29-19-30-18-13(7-25)9-28-33(18)20(31-19)27-10-16(22)23/h4-5,9,11,16,26H,2-3,8,10H2,1H3,(H2,27,29,30,31)/t11-/m0/s1. The molecule has 3 heterocycles. The van der Waals surface area contributed by atoms with Gasteiger partial charge in [-0.05, 0) is 19.1 Å². The van der Waals surface area contributed by atoms with Crippen LogP contribution in [0.2, 0.25) is 5.02 Å². The van der Waals surface area contributed by atoms with Crippen LogP contribution in [-0.4, -0.2) is 58.2 Å². The number of aromatic nitrogens is 4. The first-order chi connectivity index (χ1) is 15.9. The lowest BCUT2D eigenvalue weighted by molar-refractivity contribution is 0.163. The SMILES string of the molecule is C[C@H]1CNCCN1c1cc(C#N)cc(Nc2nc(NCC(F)F)n3ncc(C#N)c3n2)c1Cl. The Morgan fingerprint density at radius 3 is 2.82 bits per heavy atom. The molecule has 33 heavy (non-hydrogen) atoms. The van der Waals surface area contributed by atoms with Gasteiger partial charge in [-0.15, -0.1) is 0 Å². The van der Waals surface area contributed by atoms with E-state index in [1.807, 2.05) is 6.07 Å². The molecule has 3 N–H and O–H groups in total. The van der Waals surface area contributed by atoms with E-state index < -0.39 is 13.0 Å². The Bertz CT molecular complexity index is 1260. The fourth-order valence-corrected chi connectivity index (χ4v) is 3.85. The average Bonchev–Trinajstić information content (AvgIpc) is 3.22. The third-order valence-corrected chi connectivity index (χ3v) is 5.54. The second kappa shape index (κ2) is 9.40. The first-order valence-electron chi connectivity index (χ1n) is 10.1. The van der Waals surface area contributed by atoms with Crippen LogP contribution in [0.4, 0.5) is 32.1 Å². The summed E-state index contributed by atoms with van der Waals surface area (Å²) in [4.78, 5) is 10.6. The molecule has 0 saturated carbocycles. The van der Waals surface area contributed by atoms with Crippen molar-refractivity contribution in [2.45, 2.75) is 19.4 Å². The number of hydrogen-bond donors (Lipinski definition) is 3. The molecule has 13 heteroatoms. The smallest absolute Gasteiger partial charge is 0.255 e. The summed E-state index contributed by atoms with van der Waals surface area (Å²) in [6.45, 7) is 3.64. The zero-order valence-electron chi connectivity index (χ0n) is 17.5. The van der Waals surface area contributed by atoms with E-state index in [0.717, 1.165) is 13.1 Å². The Morgan fingerprint density at radius 1 is 1.30 bits per heavy atom. The van der Waals surface area contributed by atoms with Crippen LogP contribution in [-0.2, 0) is 0 Å². The van der Waals surface area contributed by atoms with E-state index in [1.54, 1.807) is 12.1 Å². The van der Waals surface area contributed by atoms with Crippen molar-refractivity contribution in [1.29, 1.82) is 10.5 Å². The van der Waals surface area contributed by atoms with E-state index in [-0.39, 0.29) is 29.1 Å². The van der Waals surface area contributed by atoms with Crippen LogP contribution < -0.4 is 20.9 Å². The number of hydrogen-bond acceptors (Lipinski definition) is 9. The molecule has 0 aliphatic carbocycles. The Labute approximate surface area is 192 Å². The van der Waals surface area contributed by atoms with Gasteiger partial charge >= 0.3 is 0 Å². The quantitative estimate of drug-likeness (QED) is 0.495. The summed E-state index contributed by atoms with van der Waals surface area (Å²) in [5.41, 5.74) is 1.72. The molecule has 2 aromatic heterocycles. The Balaban J connectivity index is 1.77. The molecule has 1 aliphatic heterocycles. The highest BCUT2D eigenvalue weighted by Crippen LogP contribution is 2.37. The van der Waals surface area contributed by atoms with Crippen LogP contribution in [0.5, 0.6) is 0 Å². The largest absolute Gasteiger partial charge is 0.365 e. The Hall–Kier alpha value is -3.74. The summed E-state index contributed by atoms with van der Waals surface area (Å²) in [6.07, 6.45) is -1.35. The molecule has 10 nitrogen and oxygen atoms in total. The van der Waals surface area contributed by atoms with E-state index in [9.17, 15) is 19.3 Å². The van der Waals surface area contributed by atoms with Crippen LogP contribution >= 0.6 is 11.6 Å². The predicted octanol–water partition coefficient (Wildman–Crippen LogP) is 2.74. The van der Waals surface area contributed by atoms with Crippen molar-refractivity contribution in [3.8, 4) is 12.1 Å². The number of piperazine rings is 1. The van der Waals surface area contributed by atoms with Crippen molar-refractivity contribution in [2.75, 3.05) is 41.7 Å². The minimum atomic E-state index is -2.62. The maximum Gasteiger partial charge on any atom is 0.255 e. The summed E-state index contributed by atoms with van der Waals surface area (Å²) < 4.78 is 26.7. The van der Waals surface area contributed by atoms with Gasteiger partial charge in [-0.1, -0.05) is 11.6 Å². The number of alkyl halides is 2. The molecule has 0 bridgehead atoms. The minimum Gasteiger partial charge on any atom is -0.365 e. The molecule has 1 fully saturated rings. The average molecular weight is 473 g/mol. The van der Waals surface area contributed by atoms with Crippen molar-refractivity contribution in [3.63, 3.8) is 0 Å². The first-order valence-corrected chi connectivity index (χ1v) is 10.4. The van der Waals surface area contributed by atoms with Gasteiger partial charge in [0.05, 0.1) is 40.8 Å². The molecule has 170 valence electrons. The van der Waals surface area contributed by atoms with E-state index in [4.69, 9.17) is 11.6 Å². The van der Waals surface area contributed by atoms with Crippen molar-refractivity contribution in [3.05, 3.63) is 34.5 Å². The molecule has 0 radical (unpaired) electrons. The number of nitrogens with one attached hydrogen (secondary N) is 3. The summed E-state index contributed by atoms with van der Waals surface area (Å²) in [6, 6.07) is 7.52. The van der Waals surface area contributed by atoms with Crippen LogP contribution in [0.3, 0.4) is 0 Å². The fraction of sp³-hybridized carbons (Fsp3) is 0.350. The van der Waals surface area contributed by atoms with Gasteiger partial charge in [0.25, 0.3) is 6.43 Å². The molecule has 0 unspecified atom stereocenters. The van der Waals surface area contributed by atoms with Crippen molar-refractivity contribution >= 4 is 40.5 Å². The van der Waals surface area contributed by atoms with Crippen molar-refractivity contribution < 1.29 is 8.78 Å². The second-order valence-corrected chi connectivity index (χ2v) is 7.77. The van der Waals surface area contributed by atoms with E-state index in [2.05, 4.69) is 48.9 Å². The number of rotatable bonds is 6. The van der Waals surface area contributed by atoms with Gasteiger partial charge in [0.15, 0.2) is 5.65 Å². The number of nitrogens with zero attached hydrogens (tertiary/aromatic N) is 7. The van der Waals surface area contributed by atoms with Gasteiger partial charge in [-0.2, -0.15) is 30.1 Å². The summed E-state index contributed by atoms with van der Waals surface area (Å²) in [5.74, 6) is -0.0135. The zero-order chi connectivity index (χ0) is 23.5. The number of anilines is 4. The van der Waals surface area contributed by atoms with Crippen LogP contribution in [0.25, 0.3) is 5.65 Å². The maximum absolute atomic E-state index is 12.8. The summed E-state index contributed by atoms with van der Waals surface area (Å²) in [7, 11) is 0. The molecule has 1 aliphatic rings. The van der Waals surface area contributed by atoms with Crippen LogP contribution in [0, 0.1) is 22.7 Å². The number of halogens is 3. The van der Waals surface area contributed by atoms with Gasteiger partial charge in [0, 0.05) is 25.7 Å². The number of benzene rings is 1. The Morgan fingerprint density at radius 2 is 2.12 bits per heavy atom. The third-order valence-electron chi connectivity index (χ3n) is 5.14. The molecule has 4 rings (SSSR count). The first kappa shape index (κ1) is 22.5. The topological polar surface area (TPSA) is 130 Å². The molecule has 0 spiro atoms. The number of nitriles is 2. The monoisotopic (exact) mass is 472 g/mol. The van der Waals surface area contributed by atoms with Crippen LogP contribution in [0.1, 0.15) is 18.1 Å². The molecular formula is C20H19ClF2N10. The molecular weight excluding hydrogens is 454 g/mol. The predicted molar refractivity (Wildman–Crippen MR) is 119 cm³/mol. The second-order valence-electron chi connectivity index (χ2n) is 7.39. The van der Waals surface area contributed by atoms with E-state index >= 15 is 0 Å².